The summed E-state index contributed by atoms with van der Waals surface area (Å²) in [5, 5.41) is 3.82. The molecule has 0 fully saturated rings. The zero-order chi connectivity index (χ0) is 20.4. The van der Waals surface area contributed by atoms with Gasteiger partial charge in [0.15, 0.2) is 0 Å². The van der Waals surface area contributed by atoms with E-state index in [9.17, 15) is 9.59 Å². The molecule has 148 valence electrons. The van der Waals surface area contributed by atoms with E-state index < -0.39 is 0 Å². The predicted molar refractivity (Wildman–Crippen MR) is 116 cm³/mol. The second-order valence-electron chi connectivity index (χ2n) is 7.05. The van der Waals surface area contributed by atoms with Crippen molar-refractivity contribution in [3.63, 3.8) is 0 Å². The van der Waals surface area contributed by atoms with Crippen molar-refractivity contribution in [1.29, 1.82) is 0 Å². The lowest BCUT2D eigenvalue weighted by Gasteiger charge is -2.25. The van der Waals surface area contributed by atoms with E-state index >= 15 is 0 Å². The van der Waals surface area contributed by atoms with E-state index in [4.69, 9.17) is 23.2 Å². The highest BCUT2D eigenvalue weighted by molar-refractivity contribution is 6.42. The lowest BCUT2D eigenvalue weighted by molar-refractivity contribution is -0.125. The van der Waals surface area contributed by atoms with Gasteiger partial charge >= 0.3 is 0 Å². The Bertz CT molecular complexity index is 1050. The molecule has 0 aliphatic carbocycles. The Hall–Kier alpha value is -2.63. The molecule has 0 bridgehead atoms. The summed E-state index contributed by atoms with van der Waals surface area (Å²) in [5.41, 5.74) is 4.04. The molecule has 7 heteroatoms. The number of aryl methyl sites for hydroxylation is 1. The highest BCUT2D eigenvalue weighted by Crippen LogP contribution is 2.29. The Morgan fingerprint density at radius 3 is 2.76 bits per heavy atom. The van der Waals surface area contributed by atoms with Crippen LogP contribution in [-0.2, 0) is 16.0 Å². The van der Waals surface area contributed by atoms with Gasteiger partial charge in [-0.05, 0) is 59.4 Å². The summed E-state index contributed by atoms with van der Waals surface area (Å²) in [5.74, 6) is 0.558. The van der Waals surface area contributed by atoms with E-state index in [1.807, 2.05) is 18.2 Å². The van der Waals surface area contributed by atoms with Gasteiger partial charge in [-0.3, -0.25) is 9.59 Å². The van der Waals surface area contributed by atoms with Crippen molar-refractivity contribution in [2.75, 3.05) is 18.4 Å². The lowest BCUT2D eigenvalue weighted by Crippen LogP contribution is -2.33. The molecular formula is C22H19Cl2N3O2. The van der Waals surface area contributed by atoms with Crippen LogP contribution in [0.3, 0.4) is 0 Å². The number of benzene rings is 1. The molecule has 0 saturated heterocycles. The molecule has 2 aliphatic rings. The van der Waals surface area contributed by atoms with Crippen LogP contribution in [0.4, 0.5) is 5.82 Å². The first kappa shape index (κ1) is 19.7. The number of fused-ring (bicyclic) bond motifs is 1. The Morgan fingerprint density at radius 2 is 2.00 bits per heavy atom. The maximum absolute atomic E-state index is 12.5. The summed E-state index contributed by atoms with van der Waals surface area (Å²) in [6.45, 7) is 1.19. The molecule has 0 unspecified atom stereocenters. The molecule has 0 radical (unpaired) electrons. The van der Waals surface area contributed by atoms with Gasteiger partial charge in [0.1, 0.15) is 5.82 Å². The zero-order valence-electron chi connectivity index (χ0n) is 15.6. The van der Waals surface area contributed by atoms with Gasteiger partial charge in [-0.25, -0.2) is 4.98 Å². The van der Waals surface area contributed by atoms with Crippen molar-refractivity contribution in [3.8, 4) is 0 Å². The molecule has 2 aliphatic heterocycles. The highest BCUT2D eigenvalue weighted by Gasteiger charge is 2.18. The summed E-state index contributed by atoms with van der Waals surface area (Å²) >= 11 is 12.1. The third-order valence-corrected chi connectivity index (χ3v) is 5.84. The summed E-state index contributed by atoms with van der Waals surface area (Å²) in [4.78, 5) is 30.0. The molecule has 4 rings (SSSR count). The average Bonchev–Trinajstić information content (AvgIpc) is 2.74. The van der Waals surface area contributed by atoms with Crippen LogP contribution in [0.1, 0.15) is 29.5 Å². The van der Waals surface area contributed by atoms with Gasteiger partial charge in [-0.2, -0.15) is 0 Å². The number of rotatable bonds is 3. The van der Waals surface area contributed by atoms with Gasteiger partial charge in [0.05, 0.1) is 10.0 Å². The second kappa shape index (κ2) is 8.39. The third kappa shape index (κ3) is 4.52. The van der Waals surface area contributed by atoms with Gasteiger partial charge in [0.25, 0.3) is 0 Å². The fraction of sp³-hybridized carbons (Fsp3) is 0.227. The number of halogens is 2. The monoisotopic (exact) mass is 427 g/mol. The van der Waals surface area contributed by atoms with Crippen LogP contribution < -0.4 is 5.32 Å². The predicted octanol–water partition coefficient (Wildman–Crippen LogP) is 4.60. The number of carbonyl (C=O) groups excluding carboxylic acids is 2. The van der Waals surface area contributed by atoms with E-state index in [0.717, 1.165) is 28.7 Å². The molecule has 3 heterocycles. The third-order valence-electron chi connectivity index (χ3n) is 5.10. The number of pyridine rings is 1. The minimum atomic E-state index is -0.0412. The Morgan fingerprint density at radius 1 is 1.14 bits per heavy atom. The maximum Gasteiger partial charge on any atom is 0.246 e. The highest BCUT2D eigenvalue weighted by atomic mass is 35.5. The summed E-state index contributed by atoms with van der Waals surface area (Å²) < 4.78 is 0. The molecule has 1 N–H and O–H groups in total. The van der Waals surface area contributed by atoms with Gasteiger partial charge in [-0.1, -0.05) is 35.3 Å². The molecule has 2 amide bonds. The number of hydrogen-bond acceptors (Lipinski definition) is 3. The first-order valence-corrected chi connectivity index (χ1v) is 10.2. The summed E-state index contributed by atoms with van der Waals surface area (Å²) in [7, 11) is 0. The molecule has 0 saturated carbocycles. The number of nitrogens with one attached hydrogen (secondary N) is 1. The van der Waals surface area contributed by atoms with Crippen molar-refractivity contribution < 1.29 is 9.59 Å². The Kier molecular flexibility index (Phi) is 5.69. The molecule has 0 spiro atoms. The quantitative estimate of drug-likeness (QED) is 0.727. The number of amides is 2. The van der Waals surface area contributed by atoms with Crippen molar-refractivity contribution in [1.82, 2.24) is 9.88 Å². The molecule has 1 aromatic carbocycles. The fourth-order valence-electron chi connectivity index (χ4n) is 3.47. The lowest BCUT2D eigenvalue weighted by atomic mass is 9.99. The van der Waals surface area contributed by atoms with Crippen LogP contribution in [0.5, 0.6) is 0 Å². The van der Waals surface area contributed by atoms with E-state index in [2.05, 4.69) is 16.4 Å². The second-order valence-corrected chi connectivity index (χ2v) is 7.86. The minimum Gasteiger partial charge on any atom is -0.335 e. The van der Waals surface area contributed by atoms with Crippen LogP contribution in [0.25, 0.3) is 11.6 Å². The Labute approximate surface area is 179 Å². The molecule has 0 atom stereocenters. The standard InChI is InChI=1S/C22H19Cl2N3O2/c23-18-4-2-16(12-19(18)24)15-7-9-27(10-8-15)21(29)6-1-14-11-17-3-5-20(28)26-22(17)25-13-14/h1-2,4,6-7,11-13H,3,5,8-10H2,(H,25,26,28). The van der Waals surface area contributed by atoms with E-state index in [1.165, 1.54) is 0 Å². The Balaban J connectivity index is 1.40. The van der Waals surface area contributed by atoms with Gasteiger partial charge < -0.3 is 10.2 Å². The van der Waals surface area contributed by atoms with Crippen LogP contribution in [0.2, 0.25) is 10.0 Å². The normalized spacial score (nSPS) is 16.4. The van der Waals surface area contributed by atoms with Crippen LogP contribution in [0, 0.1) is 0 Å². The van der Waals surface area contributed by atoms with E-state index in [-0.39, 0.29) is 11.8 Å². The average molecular weight is 428 g/mol. The summed E-state index contributed by atoms with van der Waals surface area (Å²) in [6, 6.07) is 7.56. The fourth-order valence-corrected chi connectivity index (χ4v) is 3.76. The van der Waals surface area contributed by atoms with Crippen molar-refractivity contribution in [3.05, 3.63) is 69.3 Å². The van der Waals surface area contributed by atoms with Crippen molar-refractivity contribution in [2.24, 2.45) is 0 Å². The number of hydrogen-bond donors (Lipinski definition) is 1. The van der Waals surface area contributed by atoms with Gasteiger partial charge in [-0.15, -0.1) is 0 Å². The number of aromatic nitrogens is 1. The molecule has 1 aromatic heterocycles. The zero-order valence-corrected chi connectivity index (χ0v) is 17.1. The van der Waals surface area contributed by atoms with E-state index in [1.54, 1.807) is 29.3 Å². The minimum absolute atomic E-state index is 0.0122. The first-order valence-electron chi connectivity index (χ1n) is 9.40. The van der Waals surface area contributed by atoms with Crippen molar-refractivity contribution >= 4 is 52.5 Å². The summed E-state index contributed by atoms with van der Waals surface area (Å²) in [6.07, 6.45) is 8.94. The molecule has 29 heavy (non-hydrogen) atoms. The topological polar surface area (TPSA) is 62.3 Å². The number of anilines is 1. The van der Waals surface area contributed by atoms with Crippen molar-refractivity contribution in [2.45, 2.75) is 19.3 Å². The largest absolute Gasteiger partial charge is 0.335 e. The number of carbonyl (C=O) groups is 2. The van der Waals surface area contributed by atoms with Crippen LogP contribution >= 0.6 is 23.2 Å². The van der Waals surface area contributed by atoms with E-state index in [0.29, 0.717) is 41.8 Å². The van der Waals surface area contributed by atoms with Crippen LogP contribution in [-0.4, -0.2) is 34.8 Å². The number of nitrogens with zero attached hydrogens (tertiary/aromatic N) is 2. The molecule has 5 nitrogen and oxygen atoms in total. The smallest absolute Gasteiger partial charge is 0.246 e. The first-order chi connectivity index (χ1) is 14.0. The van der Waals surface area contributed by atoms with Crippen LogP contribution in [0.15, 0.2) is 42.6 Å². The SMILES string of the molecule is O=C1CCc2cc(C=CC(=O)N3CC=C(c4ccc(Cl)c(Cl)c4)CC3)cnc2N1. The molecule has 2 aromatic rings. The molecular weight excluding hydrogens is 409 g/mol. The van der Waals surface area contributed by atoms with Gasteiger partial charge in [0.2, 0.25) is 11.8 Å². The van der Waals surface area contributed by atoms with Gasteiger partial charge in [0, 0.05) is 31.8 Å². The maximum atomic E-state index is 12.5.